The van der Waals surface area contributed by atoms with Gasteiger partial charge in [-0.25, -0.2) is 4.21 Å². The molecular weight excluding hydrogens is 134 g/mol. The monoisotopic (exact) mass is 145 g/mol. The molecule has 0 heterocycles. The van der Waals surface area contributed by atoms with Gasteiger partial charge >= 0.3 is 0 Å². The van der Waals surface area contributed by atoms with Crippen molar-refractivity contribution < 1.29 is 4.21 Å². The van der Waals surface area contributed by atoms with E-state index in [4.69, 9.17) is 5.14 Å². The highest BCUT2D eigenvalue weighted by Gasteiger charge is 1.85. The van der Waals surface area contributed by atoms with Gasteiger partial charge in [0, 0.05) is 10.8 Å². The first kappa shape index (κ1) is 8.46. The van der Waals surface area contributed by atoms with Gasteiger partial charge in [0.1, 0.15) is 0 Å². The Morgan fingerprint density at radius 2 is 2.22 bits per heavy atom. The van der Waals surface area contributed by atoms with Crippen molar-refractivity contribution in [1.82, 2.24) is 0 Å². The Morgan fingerprint density at radius 3 is 2.56 bits per heavy atom. The summed E-state index contributed by atoms with van der Waals surface area (Å²) in [6.45, 7) is 5.15. The summed E-state index contributed by atoms with van der Waals surface area (Å²) in [5, 5.41) is 8.09. The lowest BCUT2D eigenvalue weighted by atomic mass is 10.8. The van der Waals surface area contributed by atoms with Crippen LogP contribution in [-0.4, -0.2) is 9.58 Å². The molecule has 52 valence electrons. The Kier molecular flexibility index (Phi) is 3.27. The van der Waals surface area contributed by atoms with Crippen molar-refractivity contribution in [3.63, 3.8) is 0 Å². The lowest BCUT2D eigenvalue weighted by Crippen LogP contribution is -2.10. The van der Waals surface area contributed by atoms with Gasteiger partial charge in [-0.1, -0.05) is 18.7 Å². The predicted octanol–water partition coefficient (Wildman–Crippen LogP) is 0.666. The molecule has 0 spiro atoms. The minimum atomic E-state index is -2.36. The zero-order valence-corrected chi connectivity index (χ0v) is 6.23. The molecule has 0 aliphatic rings. The van der Waals surface area contributed by atoms with Crippen LogP contribution in [0.25, 0.3) is 0 Å². The molecule has 3 heteroatoms. The van der Waals surface area contributed by atoms with Crippen LogP contribution in [0.2, 0.25) is 0 Å². The summed E-state index contributed by atoms with van der Waals surface area (Å²) < 4.78 is 11.0. The fourth-order valence-corrected chi connectivity index (χ4v) is 1.23. The number of nitrogens with two attached hydrogens (primary N) is 1. The Labute approximate surface area is 56.2 Å². The first-order valence-corrected chi connectivity index (χ1v) is 4.27. The fraction of sp³-hybridized carbons (Fsp3) is 0.167. The second-order valence-electron chi connectivity index (χ2n) is 1.54. The predicted molar refractivity (Wildman–Crippen MR) is 43.4 cm³/mol. The van der Waals surface area contributed by atoms with Crippen LogP contribution >= 0.6 is 0 Å². The van der Waals surface area contributed by atoms with Crippen LogP contribution in [0.4, 0.5) is 0 Å². The van der Waals surface area contributed by atoms with E-state index in [1.165, 1.54) is 16.9 Å². The molecule has 2 N–H and O–H groups in total. The molecule has 0 aliphatic carbocycles. The molecule has 0 saturated carbocycles. The second-order valence-corrected chi connectivity index (χ2v) is 3.48. The number of hydrogen-bond donors (Lipinski definition) is 1. The Balaban J connectivity index is 4.58. The maximum atomic E-state index is 11.0. The minimum Gasteiger partial charge on any atom is -0.256 e. The van der Waals surface area contributed by atoms with Crippen molar-refractivity contribution in [2.24, 2.45) is 5.14 Å². The minimum absolute atomic E-state index is 1.38. The maximum Gasteiger partial charge on any atom is 0.0503 e. The summed E-state index contributed by atoms with van der Waals surface area (Å²) in [6.07, 6.45) is 3.09. The first-order chi connectivity index (χ1) is 4.12. The lowest BCUT2D eigenvalue weighted by Gasteiger charge is -1.90. The Bertz CT molecular complexity index is 221. The summed E-state index contributed by atoms with van der Waals surface area (Å²) in [7, 11) is -2.36. The molecule has 0 fully saturated rings. The van der Waals surface area contributed by atoms with E-state index in [1.54, 1.807) is 13.0 Å². The summed E-state index contributed by atoms with van der Waals surface area (Å²) in [6, 6.07) is 0. The molecule has 0 radical (unpaired) electrons. The van der Waals surface area contributed by atoms with Crippen molar-refractivity contribution in [2.75, 3.05) is 0 Å². The van der Waals surface area contributed by atoms with Crippen molar-refractivity contribution >= 4 is 15.1 Å². The fourth-order valence-electron chi connectivity index (χ4n) is 0.408. The van der Waals surface area contributed by atoms with Crippen LogP contribution in [0, 0.1) is 0 Å². The van der Waals surface area contributed by atoms with Crippen LogP contribution in [0.5, 0.6) is 0 Å². The highest BCUT2D eigenvalue weighted by atomic mass is 32.2. The number of rotatable bonds is 2. The zero-order valence-electron chi connectivity index (χ0n) is 5.41. The van der Waals surface area contributed by atoms with E-state index >= 15 is 0 Å². The average Bonchev–Trinajstić information content (AvgIpc) is 1.64. The summed E-state index contributed by atoms with van der Waals surface area (Å²) >= 11 is 0. The third kappa shape index (κ3) is 4.00. The molecule has 0 saturated heterocycles. The van der Waals surface area contributed by atoms with Gasteiger partial charge in [0.2, 0.25) is 0 Å². The summed E-state index contributed by atoms with van der Waals surface area (Å²) in [5.74, 6) is 0. The summed E-state index contributed by atoms with van der Waals surface area (Å²) in [4.78, 5) is 0. The molecule has 0 amide bonds. The second kappa shape index (κ2) is 3.48. The molecule has 2 nitrogen and oxygen atoms in total. The average molecular weight is 145 g/mol. The lowest BCUT2D eigenvalue weighted by molar-refractivity contribution is 0.687. The zero-order chi connectivity index (χ0) is 7.33. The van der Waals surface area contributed by atoms with E-state index in [0.29, 0.717) is 0 Å². The molecule has 0 aromatic rings. The van der Waals surface area contributed by atoms with Gasteiger partial charge in [-0.2, -0.15) is 0 Å². The van der Waals surface area contributed by atoms with E-state index in [1.807, 2.05) is 0 Å². The third-order valence-electron chi connectivity index (χ3n) is 0.658. The highest BCUT2D eigenvalue weighted by Crippen LogP contribution is 1.81. The van der Waals surface area contributed by atoms with Gasteiger partial charge in [-0.15, -0.1) is 0 Å². The first-order valence-electron chi connectivity index (χ1n) is 2.53. The van der Waals surface area contributed by atoms with Gasteiger partial charge in [0.15, 0.2) is 0 Å². The third-order valence-corrected chi connectivity index (χ3v) is 1.97. The normalized spacial score (nSPS) is 17.1. The largest absolute Gasteiger partial charge is 0.256 e. The smallest absolute Gasteiger partial charge is 0.0503 e. The molecule has 0 aromatic heterocycles. The van der Waals surface area contributed by atoms with Crippen molar-refractivity contribution in [3.8, 4) is 0 Å². The van der Waals surface area contributed by atoms with E-state index in [-0.39, 0.29) is 0 Å². The molecule has 1 atom stereocenters. The van der Waals surface area contributed by atoms with Gasteiger partial charge in [-0.05, 0) is 6.92 Å². The molecular formula is C6H11NOS. The Hall–Kier alpha value is -0.540. The van der Waals surface area contributed by atoms with Crippen molar-refractivity contribution in [3.05, 3.63) is 24.1 Å². The quantitative estimate of drug-likeness (QED) is 0.450. The van der Waals surface area contributed by atoms with Crippen LogP contribution in [0.3, 0.4) is 0 Å². The van der Waals surface area contributed by atoms with Crippen molar-refractivity contribution in [1.29, 1.82) is 0 Å². The number of hydrogen-bond acceptors (Lipinski definition) is 1. The number of allylic oxidation sites excluding steroid dienone is 2. The van der Waals surface area contributed by atoms with Crippen molar-refractivity contribution in [2.45, 2.75) is 6.92 Å². The van der Waals surface area contributed by atoms with Gasteiger partial charge < -0.3 is 0 Å². The van der Waals surface area contributed by atoms with E-state index < -0.39 is 9.71 Å². The topological polar surface area (TPSA) is 43.1 Å². The summed E-state index contributed by atoms with van der Waals surface area (Å²) in [5.41, 5.74) is 0. The molecule has 0 aliphatic heterocycles. The van der Waals surface area contributed by atoms with Gasteiger partial charge in [0.25, 0.3) is 0 Å². The molecule has 0 bridgehead atoms. The Morgan fingerprint density at radius 1 is 1.67 bits per heavy atom. The van der Waals surface area contributed by atoms with Crippen LogP contribution in [0.15, 0.2) is 24.1 Å². The van der Waals surface area contributed by atoms with E-state index in [9.17, 15) is 4.21 Å². The maximum absolute atomic E-state index is 11.0. The molecule has 9 heavy (non-hydrogen) atoms. The van der Waals surface area contributed by atoms with Gasteiger partial charge in [-0.3, -0.25) is 5.14 Å². The van der Waals surface area contributed by atoms with Crippen LogP contribution < -0.4 is 5.14 Å². The SMILES string of the molecule is C=CC=S(N)(=O)C=CC. The molecule has 0 rings (SSSR count). The molecule has 1 unspecified atom stereocenters. The van der Waals surface area contributed by atoms with Gasteiger partial charge in [0.05, 0.1) is 9.71 Å². The highest BCUT2D eigenvalue weighted by molar-refractivity contribution is 8.02. The van der Waals surface area contributed by atoms with E-state index in [0.717, 1.165) is 0 Å². The van der Waals surface area contributed by atoms with Crippen LogP contribution in [0.1, 0.15) is 6.92 Å². The molecule has 0 aromatic carbocycles. The van der Waals surface area contributed by atoms with Crippen LogP contribution in [-0.2, 0) is 9.71 Å². The van der Waals surface area contributed by atoms with E-state index in [2.05, 4.69) is 6.58 Å². The standard InChI is InChI=1S/C6H11NOS/c1-3-5-9(7,8)6-4-2/h3-6H,1H2,2H3,(H2,7,8).